The van der Waals surface area contributed by atoms with Crippen molar-refractivity contribution in [1.29, 1.82) is 0 Å². The van der Waals surface area contributed by atoms with E-state index in [1.165, 1.54) is 161 Å². The molecular formula is C61H106O5. The molecule has 380 valence electrons. The molecule has 0 bridgehead atoms. The Morgan fingerprint density at radius 2 is 0.652 bits per heavy atom. The van der Waals surface area contributed by atoms with Crippen molar-refractivity contribution in [3.8, 4) is 0 Å². The summed E-state index contributed by atoms with van der Waals surface area (Å²) in [6, 6.07) is 0. The zero-order valence-corrected chi connectivity index (χ0v) is 43.4. The number of carbonyl (C=O) groups is 2. The first-order chi connectivity index (χ1) is 32.6. The minimum Gasteiger partial charge on any atom is -0.462 e. The maximum absolute atomic E-state index is 12.3. The van der Waals surface area contributed by atoms with Crippen molar-refractivity contribution in [2.24, 2.45) is 0 Å². The Morgan fingerprint density at radius 1 is 0.364 bits per heavy atom. The van der Waals surface area contributed by atoms with Crippen molar-refractivity contribution in [1.82, 2.24) is 0 Å². The molecule has 0 aliphatic heterocycles. The molecule has 1 atom stereocenters. The average molecular weight is 920 g/mol. The molecule has 1 N–H and O–H groups in total. The van der Waals surface area contributed by atoms with Crippen LogP contribution in [-0.2, 0) is 19.1 Å². The number of aliphatic hydroxyl groups excluding tert-OH is 1. The summed E-state index contributed by atoms with van der Waals surface area (Å²) in [4.78, 5) is 24.5. The van der Waals surface area contributed by atoms with Gasteiger partial charge in [0.1, 0.15) is 6.61 Å². The van der Waals surface area contributed by atoms with Gasteiger partial charge in [0.15, 0.2) is 6.10 Å². The van der Waals surface area contributed by atoms with E-state index in [4.69, 9.17) is 9.47 Å². The summed E-state index contributed by atoms with van der Waals surface area (Å²) < 4.78 is 10.7. The van der Waals surface area contributed by atoms with E-state index >= 15 is 0 Å². The highest BCUT2D eigenvalue weighted by molar-refractivity contribution is 5.70. The number of hydrogen-bond acceptors (Lipinski definition) is 5. The van der Waals surface area contributed by atoms with Gasteiger partial charge in [-0.15, -0.1) is 0 Å². The molecule has 0 aromatic heterocycles. The molecule has 0 amide bonds. The molecule has 66 heavy (non-hydrogen) atoms. The second-order valence-electron chi connectivity index (χ2n) is 18.6. The van der Waals surface area contributed by atoms with Crippen LogP contribution >= 0.6 is 0 Å². The maximum atomic E-state index is 12.3. The van der Waals surface area contributed by atoms with Crippen molar-refractivity contribution in [3.63, 3.8) is 0 Å². The van der Waals surface area contributed by atoms with Gasteiger partial charge in [-0.25, -0.2) is 0 Å². The smallest absolute Gasteiger partial charge is 0.306 e. The Kier molecular flexibility index (Phi) is 53.9. The number of ether oxygens (including phenoxy) is 2. The lowest BCUT2D eigenvalue weighted by Gasteiger charge is -2.15. The van der Waals surface area contributed by atoms with Crippen molar-refractivity contribution < 1.29 is 24.2 Å². The number of rotatable bonds is 51. The molecule has 0 aliphatic carbocycles. The summed E-state index contributed by atoms with van der Waals surface area (Å²) in [5.74, 6) is -0.596. The molecule has 0 spiro atoms. The van der Waals surface area contributed by atoms with E-state index in [2.05, 4.69) is 98.9 Å². The van der Waals surface area contributed by atoms with Gasteiger partial charge in [0, 0.05) is 12.8 Å². The van der Waals surface area contributed by atoms with Gasteiger partial charge in [-0.2, -0.15) is 0 Å². The van der Waals surface area contributed by atoms with E-state index in [1.807, 2.05) is 0 Å². The first-order valence-electron chi connectivity index (χ1n) is 28.1. The molecule has 0 heterocycles. The number of aliphatic hydroxyl groups is 1. The second-order valence-corrected chi connectivity index (χ2v) is 18.6. The Bertz CT molecular complexity index is 1220. The van der Waals surface area contributed by atoms with Crippen molar-refractivity contribution in [2.45, 2.75) is 277 Å². The summed E-state index contributed by atoms with van der Waals surface area (Å²) in [5.41, 5.74) is 0. The zero-order chi connectivity index (χ0) is 47.7. The number of allylic oxidation sites excluding steroid dienone is 14. The normalized spacial score (nSPS) is 12.8. The highest BCUT2D eigenvalue weighted by atomic mass is 16.6. The Morgan fingerprint density at radius 3 is 1.00 bits per heavy atom. The van der Waals surface area contributed by atoms with Gasteiger partial charge in [-0.1, -0.05) is 253 Å². The standard InChI is InChI=1S/C61H106O5/c1-3-5-7-9-11-13-15-17-19-21-23-25-27-29-30-32-34-36-38-40-42-44-46-48-50-52-54-56-61(64)66-59(57-62)58-65-60(63)55-53-51-49-47-45-43-41-39-37-35-33-31-28-26-24-22-20-18-16-14-12-10-8-6-4-2/h5,7,11,13,17,19,22-25,29-30,34,36,59,62H,3-4,6,8-10,12,14-16,18,20-21,26-28,31-33,35,37-58H2,1-2H3/b7-5-,13-11-,19-17-,24-22-,25-23-,30-29-,36-34-. The highest BCUT2D eigenvalue weighted by Crippen LogP contribution is 2.16. The SMILES string of the molecule is CC/C=C\C/C=C\C/C=C\C/C=C\C/C=C\C/C=C\CCCCCCCCCCC(=O)OC(CO)COC(=O)CCCCCCCCCCCCCCC/C=C\CCCCCCCCCC. The molecule has 0 saturated heterocycles. The Balaban J connectivity index is 3.52. The molecule has 5 heteroatoms. The molecule has 5 nitrogen and oxygen atoms in total. The molecule has 0 rings (SSSR count). The lowest BCUT2D eigenvalue weighted by molar-refractivity contribution is -0.161. The average Bonchev–Trinajstić information content (AvgIpc) is 3.32. The van der Waals surface area contributed by atoms with Gasteiger partial charge < -0.3 is 14.6 Å². The van der Waals surface area contributed by atoms with Crippen LogP contribution in [0.3, 0.4) is 0 Å². The van der Waals surface area contributed by atoms with Gasteiger partial charge in [-0.05, 0) is 89.9 Å². The van der Waals surface area contributed by atoms with Crippen LogP contribution in [0.2, 0.25) is 0 Å². The van der Waals surface area contributed by atoms with Crippen molar-refractivity contribution in [3.05, 3.63) is 85.1 Å². The minimum absolute atomic E-state index is 0.0715. The molecular weight excluding hydrogens is 813 g/mol. The molecule has 0 fully saturated rings. The number of carbonyl (C=O) groups excluding carboxylic acids is 2. The van der Waals surface area contributed by atoms with Crippen LogP contribution in [0.5, 0.6) is 0 Å². The predicted octanol–water partition coefficient (Wildman–Crippen LogP) is 19.0. The van der Waals surface area contributed by atoms with Crippen molar-refractivity contribution >= 4 is 11.9 Å². The van der Waals surface area contributed by atoms with E-state index < -0.39 is 6.10 Å². The highest BCUT2D eigenvalue weighted by Gasteiger charge is 2.16. The first kappa shape index (κ1) is 63.1. The van der Waals surface area contributed by atoms with Crippen LogP contribution in [0.15, 0.2) is 85.1 Å². The monoisotopic (exact) mass is 919 g/mol. The fourth-order valence-electron chi connectivity index (χ4n) is 7.97. The second kappa shape index (κ2) is 56.4. The van der Waals surface area contributed by atoms with Gasteiger partial charge in [-0.3, -0.25) is 9.59 Å². The molecule has 0 aromatic carbocycles. The Labute approximate surface area is 409 Å². The molecule has 0 aliphatic rings. The third kappa shape index (κ3) is 53.7. The summed E-state index contributed by atoms with van der Waals surface area (Å²) in [5, 5.41) is 9.65. The third-order valence-electron chi connectivity index (χ3n) is 12.2. The van der Waals surface area contributed by atoms with Crippen LogP contribution in [0.1, 0.15) is 271 Å². The topological polar surface area (TPSA) is 72.8 Å². The summed E-state index contributed by atoms with van der Waals surface area (Å²) >= 11 is 0. The van der Waals surface area contributed by atoms with E-state index in [9.17, 15) is 14.7 Å². The Hall–Kier alpha value is -2.92. The lowest BCUT2D eigenvalue weighted by atomic mass is 10.0. The first-order valence-corrected chi connectivity index (χ1v) is 28.1. The van der Waals surface area contributed by atoms with Crippen LogP contribution < -0.4 is 0 Å². The van der Waals surface area contributed by atoms with E-state index in [-0.39, 0.29) is 25.2 Å². The molecule has 0 aromatic rings. The summed E-state index contributed by atoms with van der Waals surface area (Å²) in [6.45, 7) is 4.04. The van der Waals surface area contributed by atoms with Crippen LogP contribution in [-0.4, -0.2) is 36.4 Å². The van der Waals surface area contributed by atoms with Crippen molar-refractivity contribution in [2.75, 3.05) is 13.2 Å². The molecule has 0 saturated carbocycles. The minimum atomic E-state index is -0.782. The quantitative estimate of drug-likeness (QED) is 0.0374. The van der Waals surface area contributed by atoms with E-state index in [1.54, 1.807) is 0 Å². The number of esters is 2. The van der Waals surface area contributed by atoms with Crippen LogP contribution in [0, 0.1) is 0 Å². The van der Waals surface area contributed by atoms with Gasteiger partial charge in [0.05, 0.1) is 6.61 Å². The largest absolute Gasteiger partial charge is 0.462 e. The summed E-state index contributed by atoms with van der Waals surface area (Å²) in [7, 11) is 0. The molecule has 0 radical (unpaired) electrons. The zero-order valence-electron chi connectivity index (χ0n) is 43.4. The number of unbranched alkanes of at least 4 members (excludes halogenated alkanes) is 29. The fraction of sp³-hybridized carbons (Fsp3) is 0.738. The lowest BCUT2D eigenvalue weighted by Crippen LogP contribution is -2.28. The number of hydrogen-bond donors (Lipinski definition) is 1. The third-order valence-corrected chi connectivity index (χ3v) is 12.2. The predicted molar refractivity (Wildman–Crippen MR) is 288 cm³/mol. The van der Waals surface area contributed by atoms with E-state index in [0.717, 1.165) is 83.5 Å². The van der Waals surface area contributed by atoms with Crippen LogP contribution in [0.25, 0.3) is 0 Å². The van der Waals surface area contributed by atoms with Gasteiger partial charge in [0.2, 0.25) is 0 Å². The summed E-state index contributed by atoms with van der Waals surface area (Å²) in [6.07, 6.45) is 78.3. The van der Waals surface area contributed by atoms with E-state index in [0.29, 0.717) is 12.8 Å². The van der Waals surface area contributed by atoms with Gasteiger partial charge >= 0.3 is 11.9 Å². The van der Waals surface area contributed by atoms with Gasteiger partial charge in [0.25, 0.3) is 0 Å². The fourth-order valence-corrected chi connectivity index (χ4v) is 7.97. The molecule has 1 unspecified atom stereocenters. The van der Waals surface area contributed by atoms with Crippen LogP contribution in [0.4, 0.5) is 0 Å². The maximum Gasteiger partial charge on any atom is 0.306 e.